The monoisotopic (exact) mass is 416 g/mol. The van der Waals surface area contributed by atoms with Gasteiger partial charge in [0.25, 0.3) is 0 Å². The molecule has 5 aliphatic rings. The Balaban J connectivity index is 1.34. The third kappa shape index (κ3) is 2.89. The fraction of sp³-hybridized carbons (Fsp3) is 0.917. The molecule has 0 radical (unpaired) electrons. The van der Waals surface area contributed by atoms with E-state index in [0.29, 0.717) is 23.7 Å². The summed E-state index contributed by atoms with van der Waals surface area (Å²) in [4.78, 5) is 6.54. The van der Waals surface area contributed by atoms with Gasteiger partial charge in [0.05, 0.1) is 18.2 Å². The molecule has 0 unspecified atom stereocenters. The zero-order chi connectivity index (χ0) is 21.1. The minimum Gasteiger partial charge on any atom is -0.393 e. The highest BCUT2D eigenvalue weighted by atomic mass is 16.3. The van der Waals surface area contributed by atoms with Crippen molar-refractivity contribution in [3.05, 3.63) is 0 Å². The lowest BCUT2D eigenvalue weighted by molar-refractivity contribution is -0.206. The Hall–Kier alpha value is -1.14. The Morgan fingerprint density at radius 2 is 1.93 bits per heavy atom. The van der Waals surface area contributed by atoms with Crippen molar-refractivity contribution >= 4 is 12.2 Å². The summed E-state index contributed by atoms with van der Waals surface area (Å²) >= 11 is 0. The number of fused-ring (bicyclic) bond motifs is 5. The fourth-order valence-electron chi connectivity index (χ4n) is 8.32. The first-order chi connectivity index (χ1) is 14.3. The van der Waals surface area contributed by atoms with Gasteiger partial charge in [0.1, 0.15) is 0 Å². The average Bonchev–Trinajstić information content (AvgIpc) is 3.23. The number of aliphatic imine (C=N–C) groups is 1. The predicted molar refractivity (Wildman–Crippen MR) is 119 cm³/mol. The Kier molecular flexibility index (Phi) is 4.97. The van der Waals surface area contributed by atoms with Crippen molar-refractivity contribution in [3.63, 3.8) is 0 Å². The molecule has 4 aliphatic carbocycles. The van der Waals surface area contributed by atoms with Gasteiger partial charge in [-0.15, -0.1) is 0 Å². The van der Waals surface area contributed by atoms with Crippen LogP contribution in [0.5, 0.6) is 0 Å². The number of nitrogens with zero attached hydrogens (tertiary/aromatic N) is 3. The van der Waals surface area contributed by atoms with E-state index in [1.165, 1.54) is 12.8 Å². The van der Waals surface area contributed by atoms with E-state index >= 15 is 0 Å². The Bertz CT molecular complexity index is 741. The van der Waals surface area contributed by atoms with Crippen LogP contribution in [0.15, 0.2) is 10.1 Å². The first-order valence-electron chi connectivity index (χ1n) is 12.2. The van der Waals surface area contributed by atoms with E-state index in [-0.39, 0.29) is 16.9 Å². The number of hydrogen-bond acceptors (Lipinski definition) is 6. The van der Waals surface area contributed by atoms with Gasteiger partial charge in [-0.25, -0.2) is 10.4 Å². The van der Waals surface area contributed by atoms with Crippen molar-refractivity contribution in [2.24, 2.45) is 44.6 Å². The maximum absolute atomic E-state index is 12.2. The third-order valence-electron chi connectivity index (χ3n) is 10.4. The van der Waals surface area contributed by atoms with E-state index in [9.17, 15) is 10.2 Å². The lowest BCUT2D eigenvalue weighted by atomic mass is 9.43. The van der Waals surface area contributed by atoms with E-state index in [2.05, 4.69) is 40.5 Å². The van der Waals surface area contributed by atoms with Gasteiger partial charge < -0.3 is 15.1 Å². The molecular weight excluding hydrogens is 376 g/mol. The highest BCUT2D eigenvalue weighted by Crippen LogP contribution is 2.68. The van der Waals surface area contributed by atoms with Gasteiger partial charge in [-0.3, -0.25) is 0 Å². The standard InChI is InChI=1S/C24H40N4O2/c1-22-9-7-18(29)14-16(22)4-5-20-19(22)8-10-23(2)17(6-11-24(20,23)30)15-26-27-21-25-12-13-28(21)3/h15-20,29-30H,4-14H2,1-3H3,(H,25,27)/t16-,17-,18+,19+,20-,22+,23-,24+/m1/s1. The van der Waals surface area contributed by atoms with Crippen LogP contribution in [0.2, 0.25) is 0 Å². The second-order valence-electron chi connectivity index (χ2n) is 11.5. The third-order valence-corrected chi connectivity index (χ3v) is 10.4. The Morgan fingerprint density at radius 1 is 1.10 bits per heavy atom. The molecule has 0 aromatic heterocycles. The topological polar surface area (TPSA) is 80.5 Å². The minimum atomic E-state index is -0.585. The molecular formula is C24H40N4O2. The van der Waals surface area contributed by atoms with Gasteiger partial charge in [-0.1, -0.05) is 13.8 Å². The van der Waals surface area contributed by atoms with Crippen LogP contribution in [0.3, 0.4) is 0 Å². The zero-order valence-electron chi connectivity index (χ0n) is 19.0. The molecule has 0 aromatic carbocycles. The van der Waals surface area contributed by atoms with Crippen LogP contribution in [-0.2, 0) is 0 Å². The average molecular weight is 417 g/mol. The normalized spacial score (nSPS) is 50.8. The first-order valence-corrected chi connectivity index (χ1v) is 12.2. The van der Waals surface area contributed by atoms with Crippen molar-refractivity contribution in [2.75, 3.05) is 20.1 Å². The molecule has 4 saturated carbocycles. The van der Waals surface area contributed by atoms with Crippen molar-refractivity contribution in [2.45, 2.75) is 83.3 Å². The molecule has 0 aromatic rings. The summed E-state index contributed by atoms with van der Waals surface area (Å²) in [6, 6.07) is 0. The predicted octanol–water partition coefficient (Wildman–Crippen LogP) is 3.00. The quantitative estimate of drug-likeness (QED) is 0.478. The van der Waals surface area contributed by atoms with E-state index in [1.807, 2.05) is 7.05 Å². The number of likely N-dealkylation sites (N-methyl/N-ethyl adjacent to an activating group) is 1. The zero-order valence-corrected chi connectivity index (χ0v) is 19.0. The summed E-state index contributed by atoms with van der Waals surface area (Å²) in [6.45, 7) is 6.57. The molecule has 3 N–H and O–H groups in total. The summed E-state index contributed by atoms with van der Waals surface area (Å²) in [6.07, 6.45) is 11.5. The molecule has 1 heterocycles. The van der Waals surface area contributed by atoms with Crippen molar-refractivity contribution < 1.29 is 10.2 Å². The van der Waals surface area contributed by atoms with Gasteiger partial charge in [0.2, 0.25) is 5.96 Å². The molecule has 6 nitrogen and oxygen atoms in total. The number of rotatable bonds is 2. The summed E-state index contributed by atoms with van der Waals surface area (Å²) in [7, 11) is 2.03. The van der Waals surface area contributed by atoms with Crippen LogP contribution in [-0.4, -0.2) is 59.1 Å². The molecule has 0 spiro atoms. The van der Waals surface area contributed by atoms with Crippen molar-refractivity contribution in [3.8, 4) is 0 Å². The summed E-state index contributed by atoms with van der Waals surface area (Å²) in [5.74, 6) is 2.77. The Morgan fingerprint density at radius 3 is 2.70 bits per heavy atom. The number of nitrogens with one attached hydrogen (secondary N) is 1. The fourth-order valence-corrected chi connectivity index (χ4v) is 8.32. The molecule has 4 fully saturated rings. The number of guanidine groups is 1. The highest BCUT2D eigenvalue weighted by Gasteiger charge is 2.66. The smallest absolute Gasteiger partial charge is 0.214 e. The van der Waals surface area contributed by atoms with Gasteiger partial charge in [-0.05, 0) is 81.0 Å². The van der Waals surface area contributed by atoms with E-state index in [1.54, 1.807) is 0 Å². The molecule has 0 saturated heterocycles. The highest BCUT2D eigenvalue weighted by molar-refractivity contribution is 5.81. The molecule has 0 bridgehead atoms. The number of hydrazone groups is 1. The van der Waals surface area contributed by atoms with Crippen LogP contribution in [0.1, 0.15) is 71.6 Å². The molecule has 6 heteroatoms. The molecule has 168 valence electrons. The van der Waals surface area contributed by atoms with E-state index in [0.717, 1.165) is 64.0 Å². The Labute approximate surface area is 181 Å². The lowest BCUT2D eigenvalue weighted by Gasteiger charge is -2.63. The molecule has 1 aliphatic heterocycles. The van der Waals surface area contributed by atoms with Crippen molar-refractivity contribution in [1.82, 2.24) is 10.3 Å². The van der Waals surface area contributed by atoms with Crippen LogP contribution in [0.4, 0.5) is 0 Å². The largest absolute Gasteiger partial charge is 0.393 e. The van der Waals surface area contributed by atoms with E-state index in [4.69, 9.17) is 0 Å². The molecule has 0 amide bonds. The second kappa shape index (κ2) is 7.19. The SMILES string of the molecule is CN1CCN=C1NN=C[C@H]1CC[C@]2(O)[C@@H]3CC[C@@H]4C[C@@H](O)CC[C@]4(C)[C@H]3CC[C@]12C. The maximum atomic E-state index is 12.2. The minimum absolute atomic E-state index is 0.0971. The maximum Gasteiger partial charge on any atom is 0.214 e. The summed E-state index contributed by atoms with van der Waals surface area (Å²) in [5, 5.41) is 27.0. The van der Waals surface area contributed by atoms with Crippen LogP contribution >= 0.6 is 0 Å². The van der Waals surface area contributed by atoms with Crippen LogP contribution < -0.4 is 5.43 Å². The molecule has 30 heavy (non-hydrogen) atoms. The number of aliphatic hydroxyl groups excluding tert-OH is 1. The molecule has 8 atom stereocenters. The summed E-state index contributed by atoms with van der Waals surface area (Å²) < 4.78 is 0. The van der Waals surface area contributed by atoms with E-state index < -0.39 is 5.60 Å². The van der Waals surface area contributed by atoms with Crippen molar-refractivity contribution in [1.29, 1.82) is 0 Å². The lowest BCUT2D eigenvalue weighted by Crippen LogP contribution is -2.62. The van der Waals surface area contributed by atoms with Crippen LogP contribution in [0, 0.1) is 34.5 Å². The van der Waals surface area contributed by atoms with Gasteiger partial charge in [0.15, 0.2) is 0 Å². The number of aliphatic hydroxyl groups is 2. The van der Waals surface area contributed by atoms with Gasteiger partial charge in [-0.2, -0.15) is 5.10 Å². The number of hydrogen-bond donors (Lipinski definition) is 3. The van der Waals surface area contributed by atoms with Crippen LogP contribution in [0.25, 0.3) is 0 Å². The molecule has 5 rings (SSSR count). The van der Waals surface area contributed by atoms with Gasteiger partial charge in [0, 0.05) is 31.1 Å². The summed E-state index contributed by atoms with van der Waals surface area (Å²) in [5.41, 5.74) is 2.73. The first kappa shape index (κ1) is 20.7. The second-order valence-corrected chi connectivity index (χ2v) is 11.5. The van der Waals surface area contributed by atoms with Gasteiger partial charge >= 0.3 is 0 Å².